The van der Waals surface area contributed by atoms with Gasteiger partial charge in [0.15, 0.2) is 12.2 Å². The molecule has 0 saturated carbocycles. The molecule has 5 atom stereocenters. The minimum absolute atomic E-state index is 0.101. The number of carbonyl (C=O) groups is 4. The monoisotopic (exact) mass is 1240 g/mol. The number of hydrogen-bond donors (Lipinski definition) is 3. The van der Waals surface area contributed by atoms with Gasteiger partial charge in [-0.25, -0.2) is 9.13 Å². The Labute approximate surface area is 511 Å². The molecule has 0 aliphatic carbocycles. The summed E-state index contributed by atoms with van der Waals surface area (Å²) in [5, 5.41) is 10.5. The molecule has 0 heterocycles. The molecule has 0 aromatic carbocycles. The second-order valence-corrected chi connectivity index (χ2v) is 28.3. The number of unbranched alkanes of at least 4 members (excludes halogenated alkanes) is 28. The first-order valence-electron chi connectivity index (χ1n) is 33.7. The van der Waals surface area contributed by atoms with E-state index >= 15 is 0 Å². The van der Waals surface area contributed by atoms with Gasteiger partial charge in [0, 0.05) is 25.7 Å². The Morgan fingerprint density at radius 2 is 0.500 bits per heavy atom. The average molecular weight is 1240 g/mol. The van der Waals surface area contributed by atoms with E-state index in [1.165, 1.54) is 109 Å². The van der Waals surface area contributed by atoms with Crippen LogP contribution >= 0.6 is 15.6 Å². The number of phosphoric ester groups is 2. The third kappa shape index (κ3) is 59.0. The van der Waals surface area contributed by atoms with Crippen molar-refractivity contribution in [1.82, 2.24) is 0 Å². The molecule has 0 aliphatic rings. The molecule has 17 nitrogen and oxygen atoms in total. The first-order chi connectivity index (χ1) is 40.1. The fourth-order valence-corrected chi connectivity index (χ4v) is 11.2. The molecule has 0 spiro atoms. The second-order valence-electron chi connectivity index (χ2n) is 25.4. The van der Waals surface area contributed by atoms with Crippen LogP contribution in [0.25, 0.3) is 0 Å². The van der Waals surface area contributed by atoms with Crippen molar-refractivity contribution in [3.8, 4) is 0 Å². The number of ether oxygens (including phenoxy) is 4. The van der Waals surface area contributed by atoms with Crippen molar-refractivity contribution in [1.29, 1.82) is 0 Å². The highest BCUT2D eigenvalue weighted by Gasteiger charge is 2.30. The summed E-state index contributed by atoms with van der Waals surface area (Å²) >= 11 is 0. The summed E-state index contributed by atoms with van der Waals surface area (Å²) in [6, 6.07) is 0. The van der Waals surface area contributed by atoms with Gasteiger partial charge in [-0.05, 0) is 49.4 Å². The van der Waals surface area contributed by atoms with E-state index in [4.69, 9.17) is 37.0 Å². The number of aliphatic hydroxyl groups is 1. The van der Waals surface area contributed by atoms with Crippen LogP contribution in [0.15, 0.2) is 0 Å². The lowest BCUT2D eigenvalue weighted by Gasteiger charge is -2.21. The highest BCUT2D eigenvalue weighted by molar-refractivity contribution is 7.47. The van der Waals surface area contributed by atoms with Crippen LogP contribution in [-0.2, 0) is 65.4 Å². The Morgan fingerprint density at radius 3 is 0.738 bits per heavy atom. The molecule has 498 valence electrons. The number of rotatable bonds is 62. The Balaban J connectivity index is 5.20. The van der Waals surface area contributed by atoms with Gasteiger partial charge in [-0.1, -0.05) is 261 Å². The van der Waals surface area contributed by atoms with Gasteiger partial charge in [0.25, 0.3) is 0 Å². The summed E-state index contributed by atoms with van der Waals surface area (Å²) in [4.78, 5) is 72.2. The van der Waals surface area contributed by atoms with Crippen LogP contribution in [0.3, 0.4) is 0 Å². The van der Waals surface area contributed by atoms with Crippen LogP contribution in [-0.4, -0.2) is 96.7 Å². The Kier molecular flexibility index (Phi) is 53.9. The quantitative estimate of drug-likeness (QED) is 0.0222. The molecular weight excluding hydrogens is 1110 g/mol. The SMILES string of the molecule is CC(C)CCCCCCCCCCCCCCC(=O)OC[C@H](COP(=O)(O)OCC(O)COP(=O)(O)OC[C@@H](COC(=O)CCCCCCCCCC(C)C)OC(=O)CCCCCCCCCC(C)C)OC(=O)CCCCCCCCC(C)C. The average Bonchev–Trinajstić information content (AvgIpc) is 3.55. The van der Waals surface area contributed by atoms with Gasteiger partial charge in [-0.15, -0.1) is 0 Å². The van der Waals surface area contributed by atoms with E-state index in [1.807, 2.05) is 0 Å². The molecule has 19 heteroatoms. The lowest BCUT2D eigenvalue weighted by molar-refractivity contribution is -0.161. The smallest absolute Gasteiger partial charge is 0.462 e. The normalized spacial score (nSPS) is 14.4. The van der Waals surface area contributed by atoms with E-state index in [2.05, 4.69) is 55.4 Å². The highest BCUT2D eigenvalue weighted by atomic mass is 31.2. The molecule has 0 saturated heterocycles. The summed E-state index contributed by atoms with van der Waals surface area (Å²) in [5.74, 6) is 0.709. The van der Waals surface area contributed by atoms with Gasteiger partial charge in [0.2, 0.25) is 0 Å². The fourth-order valence-electron chi connectivity index (χ4n) is 9.61. The third-order valence-corrected chi connectivity index (χ3v) is 16.7. The predicted octanol–water partition coefficient (Wildman–Crippen LogP) is 17.8. The first kappa shape index (κ1) is 82.1. The summed E-state index contributed by atoms with van der Waals surface area (Å²) < 4.78 is 68.0. The van der Waals surface area contributed by atoms with Gasteiger partial charge in [0.1, 0.15) is 19.3 Å². The molecule has 0 bridgehead atoms. The Morgan fingerprint density at radius 1 is 0.298 bits per heavy atom. The maximum Gasteiger partial charge on any atom is 0.472 e. The summed E-state index contributed by atoms with van der Waals surface area (Å²) in [5.41, 5.74) is 0. The van der Waals surface area contributed by atoms with Gasteiger partial charge < -0.3 is 33.8 Å². The van der Waals surface area contributed by atoms with Gasteiger partial charge in [-0.3, -0.25) is 37.3 Å². The fraction of sp³-hybridized carbons (Fsp3) is 0.938. The molecule has 0 aliphatic heterocycles. The van der Waals surface area contributed by atoms with Crippen molar-refractivity contribution >= 4 is 39.5 Å². The maximum absolute atomic E-state index is 13.0. The van der Waals surface area contributed by atoms with Crippen molar-refractivity contribution in [3.63, 3.8) is 0 Å². The first-order valence-corrected chi connectivity index (χ1v) is 36.7. The van der Waals surface area contributed by atoms with Crippen LogP contribution in [0.2, 0.25) is 0 Å². The number of aliphatic hydroxyl groups excluding tert-OH is 1. The molecule has 0 fully saturated rings. The van der Waals surface area contributed by atoms with Crippen LogP contribution < -0.4 is 0 Å². The van der Waals surface area contributed by atoms with Crippen LogP contribution in [0.1, 0.15) is 312 Å². The lowest BCUT2D eigenvalue weighted by atomic mass is 10.0. The van der Waals surface area contributed by atoms with Crippen molar-refractivity contribution in [2.45, 2.75) is 331 Å². The molecule has 84 heavy (non-hydrogen) atoms. The van der Waals surface area contributed by atoms with Gasteiger partial charge in [0.05, 0.1) is 26.4 Å². The van der Waals surface area contributed by atoms with Crippen molar-refractivity contribution < 1.29 is 80.2 Å². The maximum atomic E-state index is 13.0. The largest absolute Gasteiger partial charge is 0.472 e. The predicted molar refractivity (Wildman–Crippen MR) is 335 cm³/mol. The molecule has 3 unspecified atom stereocenters. The van der Waals surface area contributed by atoms with Crippen molar-refractivity contribution in [3.05, 3.63) is 0 Å². The van der Waals surface area contributed by atoms with E-state index in [0.717, 1.165) is 102 Å². The van der Waals surface area contributed by atoms with Crippen molar-refractivity contribution in [2.75, 3.05) is 39.6 Å². The molecular formula is C65H126O17P2. The van der Waals surface area contributed by atoms with Gasteiger partial charge in [-0.2, -0.15) is 0 Å². The zero-order valence-corrected chi connectivity index (χ0v) is 56.3. The van der Waals surface area contributed by atoms with E-state index in [0.29, 0.717) is 43.4 Å². The Hall–Kier alpha value is -1.94. The molecule has 3 N–H and O–H groups in total. The molecule has 0 aromatic heterocycles. The molecule has 0 radical (unpaired) electrons. The van der Waals surface area contributed by atoms with E-state index in [9.17, 15) is 43.2 Å². The summed E-state index contributed by atoms with van der Waals surface area (Å²) in [6.45, 7) is 13.9. The summed E-state index contributed by atoms with van der Waals surface area (Å²) in [6.07, 6.45) is 35.2. The van der Waals surface area contributed by atoms with Gasteiger partial charge >= 0.3 is 39.5 Å². The number of esters is 4. The lowest BCUT2D eigenvalue weighted by Crippen LogP contribution is -2.30. The van der Waals surface area contributed by atoms with Crippen LogP contribution in [0, 0.1) is 23.7 Å². The van der Waals surface area contributed by atoms with E-state index in [-0.39, 0.29) is 25.7 Å². The topological polar surface area (TPSA) is 237 Å². The second kappa shape index (κ2) is 55.2. The standard InChI is InChI=1S/C65H126O17P2/c1-55(2)41-33-25-17-13-11-9-10-12-14-20-29-37-45-62(67)75-52-61(82-65(70)48-40-32-24-23-28-36-44-58(7)8)54-80-84(73,74)78-50-59(66)49-77-83(71,72)79-53-60(81-64(69)47-39-31-22-16-19-27-35-43-57(5)6)51-76-63(68)46-38-30-21-15-18-26-34-42-56(3)4/h55-61,66H,9-54H2,1-8H3,(H,71,72)(H,73,74)/t59?,60-,61-/m1/s1. The van der Waals surface area contributed by atoms with Crippen molar-refractivity contribution in [2.24, 2.45) is 23.7 Å². The number of carbonyl (C=O) groups excluding carboxylic acids is 4. The van der Waals surface area contributed by atoms with Crippen LogP contribution in [0.4, 0.5) is 0 Å². The zero-order valence-electron chi connectivity index (χ0n) is 54.5. The highest BCUT2D eigenvalue weighted by Crippen LogP contribution is 2.45. The number of hydrogen-bond acceptors (Lipinski definition) is 15. The van der Waals surface area contributed by atoms with Crippen LogP contribution in [0.5, 0.6) is 0 Å². The zero-order chi connectivity index (χ0) is 62.5. The summed E-state index contributed by atoms with van der Waals surface area (Å²) in [7, 11) is -9.89. The molecule has 0 aromatic rings. The minimum atomic E-state index is -4.95. The van der Waals surface area contributed by atoms with E-state index < -0.39 is 97.5 Å². The minimum Gasteiger partial charge on any atom is -0.462 e. The van der Waals surface area contributed by atoms with E-state index in [1.54, 1.807) is 0 Å². The molecule has 0 amide bonds. The third-order valence-electron chi connectivity index (χ3n) is 14.8. The molecule has 0 rings (SSSR count). The number of phosphoric acid groups is 2. The Bertz CT molecular complexity index is 1680.